The number of nitrogens with zero attached hydrogens (tertiary/aromatic N) is 1. The lowest BCUT2D eigenvalue weighted by molar-refractivity contribution is -0.139. The molecule has 6 nitrogen and oxygen atoms in total. The van der Waals surface area contributed by atoms with Gasteiger partial charge in [0.1, 0.15) is 6.04 Å². The molecule has 2 N–H and O–H groups in total. The van der Waals surface area contributed by atoms with Crippen molar-refractivity contribution in [2.45, 2.75) is 45.3 Å². The Balaban J connectivity index is 2.46. The van der Waals surface area contributed by atoms with Gasteiger partial charge in [-0.15, -0.1) is 0 Å². The van der Waals surface area contributed by atoms with Crippen LogP contribution in [0.25, 0.3) is 0 Å². The van der Waals surface area contributed by atoms with Crippen LogP contribution in [0.2, 0.25) is 0 Å². The standard InChI is InChI=1S/C13H24N2O4/c1-9(2)8-11(12(16)17)14-13(18)15-6-4-10(19-3)5-7-15/h9-11H,4-8H2,1-3H3,(H,14,18)(H,16,17)/t11-/m0/s1. The zero-order chi connectivity index (χ0) is 14.4. The van der Waals surface area contributed by atoms with E-state index in [0.717, 1.165) is 12.8 Å². The van der Waals surface area contributed by atoms with Gasteiger partial charge >= 0.3 is 12.0 Å². The van der Waals surface area contributed by atoms with Crippen molar-refractivity contribution in [3.8, 4) is 0 Å². The third-order valence-corrected chi connectivity index (χ3v) is 3.37. The maximum absolute atomic E-state index is 12.0. The van der Waals surface area contributed by atoms with Gasteiger partial charge in [-0.3, -0.25) is 0 Å². The van der Waals surface area contributed by atoms with E-state index in [9.17, 15) is 9.59 Å². The van der Waals surface area contributed by atoms with Crippen LogP contribution in [0.15, 0.2) is 0 Å². The van der Waals surface area contributed by atoms with Crippen molar-refractivity contribution in [3.05, 3.63) is 0 Å². The fourth-order valence-corrected chi connectivity index (χ4v) is 2.23. The van der Waals surface area contributed by atoms with Crippen LogP contribution >= 0.6 is 0 Å². The number of aliphatic carboxylic acids is 1. The molecule has 0 spiro atoms. The summed E-state index contributed by atoms with van der Waals surface area (Å²) in [6, 6.07) is -1.10. The van der Waals surface area contributed by atoms with Crippen LogP contribution in [0.1, 0.15) is 33.1 Å². The first-order chi connectivity index (χ1) is 8.93. The van der Waals surface area contributed by atoms with Gasteiger partial charge in [0.05, 0.1) is 6.10 Å². The first kappa shape index (κ1) is 15.8. The Morgan fingerprint density at radius 2 is 1.95 bits per heavy atom. The van der Waals surface area contributed by atoms with Crippen molar-refractivity contribution in [1.29, 1.82) is 0 Å². The Bertz CT molecular complexity index is 312. The average Bonchev–Trinajstić information content (AvgIpc) is 2.37. The van der Waals surface area contributed by atoms with Crippen LogP contribution in [0.4, 0.5) is 4.79 Å². The number of hydrogen-bond donors (Lipinski definition) is 2. The van der Waals surface area contributed by atoms with E-state index in [4.69, 9.17) is 9.84 Å². The molecule has 2 amide bonds. The number of amides is 2. The van der Waals surface area contributed by atoms with Crippen LogP contribution < -0.4 is 5.32 Å². The molecule has 0 radical (unpaired) electrons. The van der Waals surface area contributed by atoms with E-state index in [0.29, 0.717) is 19.5 Å². The van der Waals surface area contributed by atoms with Gasteiger partial charge in [-0.2, -0.15) is 0 Å². The molecule has 0 aromatic rings. The third-order valence-electron chi connectivity index (χ3n) is 3.37. The van der Waals surface area contributed by atoms with Gasteiger partial charge < -0.3 is 20.1 Å². The third kappa shape index (κ3) is 5.06. The van der Waals surface area contributed by atoms with Gasteiger partial charge in [-0.25, -0.2) is 9.59 Å². The molecule has 0 saturated carbocycles. The summed E-state index contributed by atoms with van der Waals surface area (Å²) in [5, 5.41) is 11.7. The number of nitrogens with one attached hydrogen (secondary N) is 1. The van der Waals surface area contributed by atoms with Crippen molar-refractivity contribution in [3.63, 3.8) is 0 Å². The molecule has 110 valence electrons. The van der Waals surface area contributed by atoms with Gasteiger partial charge in [0, 0.05) is 20.2 Å². The summed E-state index contributed by atoms with van der Waals surface area (Å²) in [6.07, 6.45) is 2.24. The topological polar surface area (TPSA) is 78.9 Å². The number of likely N-dealkylation sites (tertiary alicyclic amines) is 1. The molecule has 0 aromatic heterocycles. The quantitative estimate of drug-likeness (QED) is 0.791. The number of carboxylic acid groups (broad SMARTS) is 1. The summed E-state index contributed by atoms with van der Waals surface area (Å²) in [7, 11) is 1.67. The molecule has 1 atom stereocenters. The first-order valence-corrected chi connectivity index (χ1v) is 6.75. The molecule has 0 aromatic carbocycles. The fourth-order valence-electron chi connectivity index (χ4n) is 2.23. The number of rotatable bonds is 5. The first-order valence-electron chi connectivity index (χ1n) is 6.75. The SMILES string of the molecule is COC1CCN(C(=O)N[C@@H](CC(C)C)C(=O)O)CC1. The average molecular weight is 272 g/mol. The second-order valence-corrected chi connectivity index (χ2v) is 5.39. The van der Waals surface area contributed by atoms with Gasteiger partial charge in [0.2, 0.25) is 0 Å². The Morgan fingerprint density at radius 1 is 1.37 bits per heavy atom. The second-order valence-electron chi connectivity index (χ2n) is 5.39. The van der Waals surface area contributed by atoms with E-state index < -0.39 is 12.0 Å². The monoisotopic (exact) mass is 272 g/mol. The van der Waals surface area contributed by atoms with Crippen molar-refractivity contribution in [1.82, 2.24) is 10.2 Å². The summed E-state index contributed by atoms with van der Waals surface area (Å²) in [5.74, 6) is -0.755. The zero-order valence-electron chi connectivity index (χ0n) is 11.9. The van der Waals surface area contributed by atoms with Crippen LogP contribution in [0, 0.1) is 5.92 Å². The summed E-state index contributed by atoms with van der Waals surface area (Å²) < 4.78 is 5.24. The Labute approximate surface area is 114 Å². The molecule has 6 heteroatoms. The fraction of sp³-hybridized carbons (Fsp3) is 0.846. The summed E-state index contributed by atoms with van der Waals surface area (Å²) in [4.78, 5) is 24.8. The molecule has 1 rings (SSSR count). The predicted octanol–water partition coefficient (Wildman–Crippen LogP) is 1.31. The maximum atomic E-state index is 12.0. The number of ether oxygens (including phenoxy) is 1. The van der Waals surface area contributed by atoms with Crippen LogP contribution in [-0.2, 0) is 9.53 Å². The number of hydrogen-bond acceptors (Lipinski definition) is 3. The van der Waals surface area contributed by atoms with Gasteiger partial charge in [0.25, 0.3) is 0 Å². The molecule has 1 aliphatic rings. The molecule has 1 heterocycles. The Morgan fingerprint density at radius 3 is 2.37 bits per heavy atom. The van der Waals surface area contributed by atoms with Gasteiger partial charge in [-0.1, -0.05) is 13.8 Å². The van der Waals surface area contributed by atoms with E-state index in [1.54, 1.807) is 12.0 Å². The molecule has 1 fully saturated rings. The van der Waals surface area contributed by atoms with Gasteiger partial charge in [-0.05, 0) is 25.2 Å². The molecule has 1 saturated heterocycles. The molecule has 0 aliphatic carbocycles. The Hall–Kier alpha value is -1.30. The predicted molar refractivity (Wildman–Crippen MR) is 71.0 cm³/mol. The van der Waals surface area contributed by atoms with Crippen molar-refractivity contribution >= 4 is 12.0 Å². The number of carbonyl (C=O) groups is 2. The lowest BCUT2D eigenvalue weighted by Gasteiger charge is -2.32. The summed E-state index contributed by atoms with van der Waals surface area (Å²) in [6.45, 7) is 5.09. The number of urea groups is 1. The highest BCUT2D eigenvalue weighted by Crippen LogP contribution is 2.13. The highest BCUT2D eigenvalue weighted by atomic mass is 16.5. The van der Waals surface area contributed by atoms with Crippen molar-refractivity contribution in [2.24, 2.45) is 5.92 Å². The Kier molecular flexibility index (Phi) is 6.08. The summed E-state index contributed by atoms with van der Waals surface area (Å²) in [5.41, 5.74) is 0. The van der Waals surface area contributed by atoms with Crippen LogP contribution in [0.3, 0.4) is 0 Å². The number of carboxylic acids is 1. The lowest BCUT2D eigenvalue weighted by atomic mass is 10.0. The molecule has 0 unspecified atom stereocenters. The van der Waals surface area contributed by atoms with E-state index >= 15 is 0 Å². The molecule has 0 bridgehead atoms. The maximum Gasteiger partial charge on any atom is 0.326 e. The van der Waals surface area contributed by atoms with Crippen LogP contribution in [-0.4, -0.2) is 54.4 Å². The minimum absolute atomic E-state index is 0.204. The number of methoxy groups -OCH3 is 1. The lowest BCUT2D eigenvalue weighted by Crippen LogP contribution is -2.51. The number of piperidine rings is 1. The summed E-state index contributed by atoms with van der Waals surface area (Å²) >= 11 is 0. The van der Waals surface area contributed by atoms with E-state index in [2.05, 4.69) is 5.32 Å². The van der Waals surface area contributed by atoms with Gasteiger partial charge in [0.15, 0.2) is 0 Å². The van der Waals surface area contributed by atoms with Crippen LogP contribution in [0.5, 0.6) is 0 Å². The molecule has 19 heavy (non-hydrogen) atoms. The second kappa shape index (κ2) is 7.33. The molecule has 1 aliphatic heterocycles. The van der Waals surface area contributed by atoms with Crippen molar-refractivity contribution < 1.29 is 19.4 Å². The van der Waals surface area contributed by atoms with Crippen molar-refractivity contribution in [2.75, 3.05) is 20.2 Å². The normalized spacial score (nSPS) is 18.4. The molecular formula is C13H24N2O4. The number of carbonyl (C=O) groups excluding carboxylic acids is 1. The minimum Gasteiger partial charge on any atom is -0.480 e. The highest BCUT2D eigenvalue weighted by molar-refractivity contribution is 5.82. The molecular weight excluding hydrogens is 248 g/mol. The van der Waals surface area contributed by atoms with E-state index in [1.165, 1.54) is 0 Å². The van der Waals surface area contributed by atoms with E-state index in [-0.39, 0.29) is 18.1 Å². The highest BCUT2D eigenvalue weighted by Gasteiger charge is 2.26. The van der Waals surface area contributed by atoms with E-state index in [1.807, 2.05) is 13.8 Å². The zero-order valence-corrected chi connectivity index (χ0v) is 11.9. The minimum atomic E-state index is -0.978. The largest absolute Gasteiger partial charge is 0.480 e. The smallest absolute Gasteiger partial charge is 0.326 e.